The van der Waals surface area contributed by atoms with Crippen LogP contribution in [0.25, 0.3) is 17.0 Å². The standard InChI is InChI=1S/C23H24N2O4/c1-4-25(5-2)19-10-6-16-14-17(23(27)29-21(16)15-19)7-13-22(26)24-18-8-11-20(28-3)12-9-18/h6-15H,4-5H2,1-3H3,(H,24,26)/b13-7+. The Balaban J connectivity index is 1.78. The monoisotopic (exact) mass is 392 g/mol. The van der Waals surface area contributed by atoms with Crippen molar-refractivity contribution in [2.45, 2.75) is 13.8 Å². The quantitative estimate of drug-likeness (QED) is 0.479. The molecule has 0 aliphatic rings. The lowest BCUT2D eigenvalue weighted by Gasteiger charge is -2.20. The van der Waals surface area contributed by atoms with Gasteiger partial charge >= 0.3 is 5.63 Å². The zero-order chi connectivity index (χ0) is 20.8. The van der Waals surface area contributed by atoms with Crippen LogP contribution in [0.4, 0.5) is 11.4 Å². The highest BCUT2D eigenvalue weighted by molar-refractivity contribution is 6.02. The van der Waals surface area contributed by atoms with Gasteiger partial charge in [0.25, 0.3) is 0 Å². The summed E-state index contributed by atoms with van der Waals surface area (Å²) in [6.45, 7) is 5.90. The van der Waals surface area contributed by atoms with Crippen LogP contribution in [-0.2, 0) is 4.79 Å². The van der Waals surface area contributed by atoms with Crippen LogP contribution in [0.2, 0.25) is 0 Å². The third kappa shape index (κ3) is 4.85. The third-order valence-electron chi connectivity index (χ3n) is 4.65. The summed E-state index contributed by atoms with van der Waals surface area (Å²) in [4.78, 5) is 26.6. The molecule has 1 amide bonds. The zero-order valence-corrected chi connectivity index (χ0v) is 16.8. The van der Waals surface area contributed by atoms with Crippen molar-refractivity contribution in [3.63, 3.8) is 0 Å². The molecule has 6 nitrogen and oxygen atoms in total. The van der Waals surface area contributed by atoms with E-state index < -0.39 is 5.63 Å². The number of carbonyl (C=O) groups excluding carboxylic acids is 1. The number of hydrogen-bond acceptors (Lipinski definition) is 5. The highest BCUT2D eigenvalue weighted by Gasteiger charge is 2.08. The molecule has 29 heavy (non-hydrogen) atoms. The van der Waals surface area contributed by atoms with E-state index >= 15 is 0 Å². The van der Waals surface area contributed by atoms with Gasteiger partial charge in [0, 0.05) is 42.0 Å². The SMILES string of the molecule is CCN(CC)c1ccc2cc(/C=C/C(=O)Nc3ccc(OC)cc3)c(=O)oc2c1. The molecule has 2 aromatic carbocycles. The van der Waals surface area contributed by atoms with Crippen molar-refractivity contribution in [3.05, 3.63) is 70.6 Å². The summed E-state index contributed by atoms with van der Waals surface area (Å²) >= 11 is 0. The molecule has 0 fully saturated rings. The fraction of sp³-hybridized carbons (Fsp3) is 0.217. The van der Waals surface area contributed by atoms with E-state index in [9.17, 15) is 9.59 Å². The third-order valence-corrected chi connectivity index (χ3v) is 4.65. The molecule has 6 heteroatoms. The molecule has 0 unspecified atom stereocenters. The second kappa shape index (κ2) is 9.10. The van der Waals surface area contributed by atoms with Crippen LogP contribution in [0.5, 0.6) is 5.75 Å². The number of benzene rings is 2. The topological polar surface area (TPSA) is 71.8 Å². The van der Waals surface area contributed by atoms with Crippen LogP contribution in [0.3, 0.4) is 0 Å². The molecule has 3 aromatic rings. The molecule has 0 atom stereocenters. The largest absolute Gasteiger partial charge is 0.497 e. The number of amides is 1. The maximum absolute atomic E-state index is 12.3. The summed E-state index contributed by atoms with van der Waals surface area (Å²) in [7, 11) is 1.58. The fourth-order valence-electron chi connectivity index (χ4n) is 3.04. The van der Waals surface area contributed by atoms with Gasteiger partial charge in [0.1, 0.15) is 11.3 Å². The van der Waals surface area contributed by atoms with Crippen molar-refractivity contribution in [1.82, 2.24) is 0 Å². The van der Waals surface area contributed by atoms with E-state index in [2.05, 4.69) is 24.1 Å². The molecule has 3 rings (SSSR count). The number of anilines is 2. The number of fused-ring (bicyclic) bond motifs is 1. The van der Waals surface area contributed by atoms with E-state index in [1.807, 2.05) is 18.2 Å². The van der Waals surface area contributed by atoms with Crippen LogP contribution in [0, 0.1) is 0 Å². The van der Waals surface area contributed by atoms with Gasteiger partial charge in [0.15, 0.2) is 0 Å². The van der Waals surface area contributed by atoms with Gasteiger partial charge in [0.05, 0.1) is 12.7 Å². The number of hydrogen-bond donors (Lipinski definition) is 1. The molecule has 0 saturated carbocycles. The van der Waals surface area contributed by atoms with Crippen LogP contribution in [0.15, 0.2) is 63.8 Å². The van der Waals surface area contributed by atoms with Crippen molar-refractivity contribution in [2.24, 2.45) is 0 Å². The maximum Gasteiger partial charge on any atom is 0.343 e. The van der Waals surface area contributed by atoms with Crippen molar-refractivity contribution >= 4 is 34.3 Å². The normalized spacial score (nSPS) is 11.0. The van der Waals surface area contributed by atoms with Crippen molar-refractivity contribution in [1.29, 1.82) is 0 Å². The summed E-state index contributed by atoms with van der Waals surface area (Å²) in [6, 6.07) is 14.5. The van der Waals surface area contributed by atoms with E-state index in [1.165, 1.54) is 12.2 Å². The van der Waals surface area contributed by atoms with Gasteiger partial charge in [-0.3, -0.25) is 4.79 Å². The van der Waals surface area contributed by atoms with Crippen LogP contribution < -0.4 is 20.6 Å². The minimum Gasteiger partial charge on any atom is -0.497 e. The first kappa shape index (κ1) is 20.2. The second-order valence-corrected chi connectivity index (χ2v) is 6.43. The number of rotatable bonds is 7. The molecule has 0 saturated heterocycles. The number of nitrogens with zero attached hydrogens (tertiary/aromatic N) is 1. The minimum atomic E-state index is -0.484. The lowest BCUT2D eigenvalue weighted by molar-refractivity contribution is -0.111. The van der Waals surface area contributed by atoms with E-state index in [0.717, 1.165) is 24.2 Å². The van der Waals surface area contributed by atoms with Gasteiger partial charge in [-0.15, -0.1) is 0 Å². The lowest BCUT2D eigenvalue weighted by Crippen LogP contribution is -2.21. The average Bonchev–Trinajstić information content (AvgIpc) is 2.73. The van der Waals surface area contributed by atoms with E-state index in [-0.39, 0.29) is 5.91 Å². The lowest BCUT2D eigenvalue weighted by atomic mass is 10.1. The summed E-state index contributed by atoms with van der Waals surface area (Å²) in [5.41, 5.74) is 2.00. The Hall–Kier alpha value is -3.54. The number of methoxy groups -OCH3 is 1. The first-order chi connectivity index (χ1) is 14.0. The summed E-state index contributed by atoms with van der Waals surface area (Å²) < 4.78 is 10.6. The highest BCUT2D eigenvalue weighted by atomic mass is 16.5. The molecule has 0 radical (unpaired) electrons. The predicted octanol–water partition coefficient (Wildman–Crippen LogP) is 4.30. The summed E-state index contributed by atoms with van der Waals surface area (Å²) in [6.07, 6.45) is 2.77. The maximum atomic E-state index is 12.3. The molecule has 0 spiro atoms. The molecule has 150 valence electrons. The van der Waals surface area contributed by atoms with Gasteiger partial charge in [0.2, 0.25) is 5.91 Å². The van der Waals surface area contributed by atoms with E-state index in [1.54, 1.807) is 37.4 Å². The Morgan fingerprint density at radius 3 is 2.48 bits per heavy atom. The molecule has 0 bridgehead atoms. The van der Waals surface area contributed by atoms with Gasteiger partial charge in [-0.25, -0.2) is 4.79 Å². The molecule has 1 aromatic heterocycles. The molecular formula is C23H24N2O4. The van der Waals surface area contributed by atoms with Gasteiger partial charge in [-0.1, -0.05) is 0 Å². The number of carbonyl (C=O) groups is 1. The van der Waals surface area contributed by atoms with Crippen LogP contribution in [0.1, 0.15) is 19.4 Å². The van der Waals surface area contributed by atoms with E-state index in [0.29, 0.717) is 22.6 Å². The van der Waals surface area contributed by atoms with Crippen molar-refractivity contribution in [2.75, 3.05) is 30.4 Å². The first-order valence-corrected chi connectivity index (χ1v) is 9.50. The molecule has 0 aliphatic carbocycles. The second-order valence-electron chi connectivity index (χ2n) is 6.43. The van der Waals surface area contributed by atoms with Crippen molar-refractivity contribution in [3.8, 4) is 5.75 Å². The number of nitrogens with one attached hydrogen (secondary N) is 1. The Bertz CT molecular complexity index is 1080. The predicted molar refractivity (Wildman–Crippen MR) is 117 cm³/mol. The zero-order valence-electron chi connectivity index (χ0n) is 16.8. The summed E-state index contributed by atoms with van der Waals surface area (Å²) in [5, 5.41) is 3.54. The fourth-order valence-corrected chi connectivity index (χ4v) is 3.04. The Kier molecular flexibility index (Phi) is 6.34. The molecule has 1 N–H and O–H groups in total. The summed E-state index contributed by atoms with van der Waals surface area (Å²) in [5.74, 6) is 0.364. The smallest absolute Gasteiger partial charge is 0.343 e. The number of ether oxygens (including phenoxy) is 1. The highest BCUT2D eigenvalue weighted by Crippen LogP contribution is 2.22. The van der Waals surface area contributed by atoms with Crippen LogP contribution >= 0.6 is 0 Å². The van der Waals surface area contributed by atoms with Crippen molar-refractivity contribution < 1.29 is 13.9 Å². The molecule has 0 aliphatic heterocycles. The van der Waals surface area contributed by atoms with Crippen LogP contribution in [-0.4, -0.2) is 26.1 Å². The Morgan fingerprint density at radius 2 is 1.83 bits per heavy atom. The van der Waals surface area contributed by atoms with Gasteiger partial charge in [-0.05, 0) is 62.4 Å². The molecular weight excluding hydrogens is 368 g/mol. The Labute approximate surface area is 169 Å². The Morgan fingerprint density at radius 1 is 1.10 bits per heavy atom. The van der Waals surface area contributed by atoms with E-state index in [4.69, 9.17) is 9.15 Å². The first-order valence-electron chi connectivity index (χ1n) is 9.50. The minimum absolute atomic E-state index is 0.318. The van der Waals surface area contributed by atoms with Gasteiger partial charge < -0.3 is 19.4 Å². The molecule has 1 heterocycles. The average molecular weight is 392 g/mol. The van der Waals surface area contributed by atoms with Gasteiger partial charge in [-0.2, -0.15) is 0 Å².